The van der Waals surface area contributed by atoms with Gasteiger partial charge in [0.15, 0.2) is 28.8 Å². The van der Waals surface area contributed by atoms with Crippen molar-refractivity contribution in [2.45, 2.75) is 5.41 Å². The third-order valence-electron chi connectivity index (χ3n) is 12.7. The minimum Gasteiger partial charge on any atom is -0.449 e. The Labute approximate surface area is 377 Å². The molecule has 0 fully saturated rings. The van der Waals surface area contributed by atoms with E-state index in [9.17, 15) is 5.26 Å². The van der Waals surface area contributed by atoms with E-state index in [0.717, 1.165) is 67.0 Å². The summed E-state index contributed by atoms with van der Waals surface area (Å²) in [6.45, 7) is 0. The number of rotatable bonds is 7. The molecule has 1 aliphatic heterocycles. The molecule has 2 heterocycles. The molecule has 0 spiro atoms. The minimum absolute atomic E-state index is 0.554. The fraction of sp³-hybridized carbons (Fsp3) is 0.0167. The van der Waals surface area contributed by atoms with Crippen LogP contribution in [0.2, 0.25) is 0 Å². The van der Waals surface area contributed by atoms with Gasteiger partial charge in [0.1, 0.15) is 0 Å². The predicted molar refractivity (Wildman–Crippen MR) is 258 cm³/mol. The van der Waals surface area contributed by atoms with Crippen molar-refractivity contribution in [3.8, 4) is 96.4 Å². The standard InChI is InChI=1S/C60H37N3O2/c61-38-39-16-12-19-41(34-39)42-20-13-22-44(35-42)53-37-52(40-17-4-1-5-18-40)62-59(63-53)45-23-14-21-43(36-45)48-29-15-31-54-57(48)64-55-33-32-51-56(58(55)65-54)49-28-10-11-30-50(49)60(51,46-24-6-2-7-25-46)47-26-8-3-9-27-47/h1-37H. The minimum atomic E-state index is -0.554. The molecule has 0 radical (unpaired) electrons. The summed E-state index contributed by atoms with van der Waals surface area (Å²) in [5, 5.41) is 9.57. The highest BCUT2D eigenvalue weighted by Crippen LogP contribution is 2.62. The van der Waals surface area contributed by atoms with Crippen molar-refractivity contribution in [2.75, 3.05) is 0 Å². The van der Waals surface area contributed by atoms with Crippen molar-refractivity contribution in [3.05, 3.63) is 252 Å². The molecule has 9 aromatic carbocycles. The maximum atomic E-state index is 9.57. The van der Waals surface area contributed by atoms with E-state index in [1.54, 1.807) is 0 Å². The molecule has 0 saturated heterocycles. The molecule has 1 aliphatic carbocycles. The third-order valence-corrected chi connectivity index (χ3v) is 12.7. The van der Waals surface area contributed by atoms with E-state index in [0.29, 0.717) is 34.4 Å². The molecule has 0 bridgehead atoms. The fourth-order valence-corrected chi connectivity index (χ4v) is 9.75. The first kappa shape index (κ1) is 37.9. The molecule has 2 aliphatic rings. The van der Waals surface area contributed by atoms with Crippen LogP contribution in [-0.2, 0) is 5.41 Å². The van der Waals surface area contributed by atoms with Gasteiger partial charge in [-0.2, -0.15) is 5.26 Å². The molecule has 12 rings (SSSR count). The van der Waals surface area contributed by atoms with Gasteiger partial charge >= 0.3 is 0 Å². The Morgan fingerprint density at radius 2 is 0.923 bits per heavy atom. The lowest BCUT2D eigenvalue weighted by Crippen LogP contribution is -2.28. The van der Waals surface area contributed by atoms with Crippen LogP contribution in [0.1, 0.15) is 27.8 Å². The average Bonchev–Trinajstić information content (AvgIpc) is 3.70. The molecule has 0 amide bonds. The molecule has 10 aromatic rings. The summed E-state index contributed by atoms with van der Waals surface area (Å²) in [5.74, 6) is 3.27. The van der Waals surface area contributed by atoms with Crippen molar-refractivity contribution >= 4 is 0 Å². The molecule has 0 atom stereocenters. The van der Waals surface area contributed by atoms with Crippen molar-refractivity contribution < 1.29 is 9.47 Å². The highest BCUT2D eigenvalue weighted by Gasteiger charge is 2.48. The summed E-state index contributed by atoms with van der Waals surface area (Å²) in [6.07, 6.45) is 0. The lowest BCUT2D eigenvalue weighted by atomic mass is 9.68. The Kier molecular flexibility index (Phi) is 9.03. The quantitative estimate of drug-likeness (QED) is 0.160. The zero-order chi connectivity index (χ0) is 43.3. The van der Waals surface area contributed by atoms with Gasteiger partial charge in [0, 0.05) is 27.8 Å². The van der Waals surface area contributed by atoms with Gasteiger partial charge in [0.25, 0.3) is 0 Å². The average molecular weight is 832 g/mol. The molecule has 304 valence electrons. The lowest BCUT2D eigenvalue weighted by molar-refractivity contribution is 0.361. The highest BCUT2D eigenvalue weighted by atomic mass is 16.6. The normalized spacial score (nSPS) is 12.7. The van der Waals surface area contributed by atoms with Gasteiger partial charge in [-0.05, 0) is 87.0 Å². The Hall–Kier alpha value is -8.85. The smallest absolute Gasteiger partial charge is 0.178 e. The molecule has 0 N–H and O–H groups in total. The number of aromatic nitrogens is 2. The summed E-state index contributed by atoms with van der Waals surface area (Å²) in [6, 6.07) is 79.3. The van der Waals surface area contributed by atoms with Crippen LogP contribution in [0, 0.1) is 11.3 Å². The summed E-state index contributed by atoms with van der Waals surface area (Å²) >= 11 is 0. The summed E-state index contributed by atoms with van der Waals surface area (Å²) in [5.41, 5.74) is 15.2. The number of nitrogens with zero attached hydrogens (tertiary/aromatic N) is 3. The number of para-hydroxylation sites is 1. The molecular formula is C60H37N3O2. The second-order valence-corrected chi connectivity index (χ2v) is 16.4. The maximum absolute atomic E-state index is 9.57. The molecule has 1 aromatic heterocycles. The lowest BCUT2D eigenvalue weighted by Gasteiger charge is -2.34. The van der Waals surface area contributed by atoms with E-state index in [4.69, 9.17) is 19.4 Å². The van der Waals surface area contributed by atoms with Crippen LogP contribution >= 0.6 is 0 Å². The predicted octanol–water partition coefficient (Wildman–Crippen LogP) is 14.9. The second kappa shape index (κ2) is 15.5. The highest BCUT2D eigenvalue weighted by molar-refractivity contribution is 5.92. The van der Waals surface area contributed by atoms with Gasteiger partial charge in [-0.3, -0.25) is 0 Å². The molecule has 65 heavy (non-hydrogen) atoms. The number of hydrogen-bond acceptors (Lipinski definition) is 5. The topological polar surface area (TPSA) is 68.0 Å². The number of nitriles is 1. The van der Waals surface area contributed by atoms with E-state index >= 15 is 0 Å². The Morgan fingerprint density at radius 1 is 0.385 bits per heavy atom. The van der Waals surface area contributed by atoms with E-state index < -0.39 is 5.41 Å². The van der Waals surface area contributed by atoms with Crippen LogP contribution in [-0.4, -0.2) is 9.97 Å². The van der Waals surface area contributed by atoms with Gasteiger partial charge < -0.3 is 9.47 Å². The molecule has 0 saturated carbocycles. The number of ether oxygens (including phenoxy) is 2. The van der Waals surface area contributed by atoms with Gasteiger partial charge in [-0.1, -0.05) is 182 Å². The number of benzene rings is 9. The summed E-state index contributed by atoms with van der Waals surface area (Å²) in [4.78, 5) is 10.4. The molecule has 5 heteroatoms. The fourth-order valence-electron chi connectivity index (χ4n) is 9.75. The number of hydrogen-bond donors (Lipinski definition) is 0. The Balaban J connectivity index is 0.951. The molecular weight excluding hydrogens is 795 g/mol. The van der Waals surface area contributed by atoms with Gasteiger partial charge in [-0.25, -0.2) is 9.97 Å². The SMILES string of the molecule is N#Cc1cccc(-c2cccc(-c3cc(-c4ccccc4)nc(-c4cccc(-c5cccc6c5Oc5ccc7c(c5O6)-c5ccccc5C7(c5ccccc5)c5ccccc5)c4)n3)c2)c1. The van der Waals surface area contributed by atoms with Gasteiger partial charge in [0.05, 0.1) is 28.4 Å². The van der Waals surface area contributed by atoms with E-state index in [-0.39, 0.29) is 0 Å². The zero-order valence-corrected chi connectivity index (χ0v) is 35.0. The zero-order valence-electron chi connectivity index (χ0n) is 35.0. The van der Waals surface area contributed by atoms with Crippen LogP contribution in [0.4, 0.5) is 0 Å². The maximum Gasteiger partial charge on any atom is 0.178 e. The van der Waals surface area contributed by atoms with Crippen molar-refractivity contribution in [1.82, 2.24) is 9.97 Å². The summed E-state index contributed by atoms with van der Waals surface area (Å²) < 4.78 is 14.0. The third kappa shape index (κ3) is 6.31. The molecule has 5 nitrogen and oxygen atoms in total. The largest absolute Gasteiger partial charge is 0.449 e. The molecule has 0 unspecified atom stereocenters. The second-order valence-electron chi connectivity index (χ2n) is 16.4. The van der Waals surface area contributed by atoms with Gasteiger partial charge in [0.2, 0.25) is 0 Å². The van der Waals surface area contributed by atoms with Crippen molar-refractivity contribution in [1.29, 1.82) is 5.26 Å². The Bertz CT molecular complexity index is 3470. The van der Waals surface area contributed by atoms with Crippen LogP contribution in [0.5, 0.6) is 23.0 Å². The van der Waals surface area contributed by atoms with Crippen LogP contribution in [0.15, 0.2) is 224 Å². The van der Waals surface area contributed by atoms with Crippen LogP contribution in [0.25, 0.3) is 67.3 Å². The van der Waals surface area contributed by atoms with Crippen molar-refractivity contribution in [2.24, 2.45) is 0 Å². The van der Waals surface area contributed by atoms with Crippen molar-refractivity contribution in [3.63, 3.8) is 0 Å². The monoisotopic (exact) mass is 831 g/mol. The Morgan fingerprint density at radius 3 is 1.68 bits per heavy atom. The van der Waals surface area contributed by atoms with Crippen LogP contribution in [0.3, 0.4) is 0 Å². The first-order chi connectivity index (χ1) is 32.2. The van der Waals surface area contributed by atoms with E-state index in [1.807, 2.05) is 72.8 Å². The summed E-state index contributed by atoms with van der Waals surface area (Å²) in [7, 11) is 0. The van der Waals surface area contributed by atoms with Gasteiger partial charge in [-0.15, -0.1) is 0 Å². The van der Waals surface area contributed by atoms with E-state index in [2.05, 4.69) is 158 Å². The first-order valence-electron chi connectivity index (χ1n) is 21.7. The first-order valence-corrected chi connectivity index (χ1v) is 21.7. The van der Waals surface area contributed by atoms with Crippen LogP contribution < -0.4 is 9.47 Å². The number of fused-ring (bicyclic) bond motifs is 6. The van der Waals surface area contributed by atoms with E-state index in [1.165, 1.54) is 16.7 Å².